The Morgan fingerprint density at radius 3 is 2.65 bits per heavy atom. The number of hydrazone groups is 1. The molecule has 0 aromatic heterocycles. The molecule has 0 saturated carbocycles. The molecule has 0 fully saturated rings. The van der Waals surface area contributed by atoms with Crippen molar-refractivity contribution in [2.24, 2.45) is 5.10 Å². The Labute approximate surface area is 137 Å². The second-order valence-corrected chi connectivity index (χ2v) is 6.18. The first-order chi connectivity index (χ1) is 11.1. The fourth-order valence-electron chi connectivity index (χ4n) is 3.13. The molecule has 3 rings (SSSR count). The fraction of sp³-hybridized carbons (Fsp3) is 0.300. The predicted molar refractivity (Wildman–Crippen MR) is 93.9 cm³/mol. The topological polar surface area (TPSA) is 41.5 Å². The third-order valence-corrected chi connectivity index (χ3v) is 4.36. The Balaban J connectivity index is 1.83. The summed E-state index contributed by atoms with van der Waals surface area (Å²) in [5.41, 5.74) is 9.04. The molecule has 1 aliphatic carbocycles. The number of rotatable bonds is 2. The molecule has 1 N–H and O–H groups in total. The van der Waals surface area contributed by atoms with Gasteiger partial charge in [0.05, 0.1) is 5.71 Å². The second kappa shape index (κ2) is 6.78. The van der Waals surface area contributed by atoms with E-state index in [2.05, 4.69) is 28.7 Å². The first-order valence-electron chi connectivity index (χ1n) is 8.17. The van der Waals surface area contributed by atoms with Gasteiger partial charge in [0.1, 0.15) is 0 Å². The smallest absolute Gasteiger partial charge is 0.267 e. The zero-order valence-corrected chi connectivity index (χ0v) is 13.7. The molecule has 0 atom stereocenters. The highest BCUT2D eigenvalue weighted by Crippen LogP contribution is 2.20. The van der Waals surface area contributed by atoms with Gasteiger partial charge in [0.25, 0.3) is 5.91 Å². The van der Waals surface area contributed by atoms with E-state index in [9.17, 15) is 4.79 Å². The van der Waals surface area contributed by atoms with Crippen LogP contribution in [0.15, 0.2) is 47.6 Å². The van der Waals surface area contributed by atoms with Gasteiger partial charge >= 0.3 is 0 Å². The van der Waals surface area contributed by atoms with E-state index < -0.39 is 0 Å². The van der Waals surface area contributed by atoms with Crippen molar-refractivity contribution in [3.8, 4) is 0 Å². The Kier molecular flexibility index (Phi) is 4.56. The number of fused-ring (bicyclic) bond motifs is 1. The van der Waals surface area contributed by atoms with Crippen LogP contribution in [0, 0.1) is 13.8 Å². The zero-order valence-electron chi connectivity index (χ0n) is 13.7. The largest absolute Gasteiger partial charge is 0.271 e. The maximum absolute atomic E-state index is 12.4. The van der Waals surface area contributed by atoms with Crippen LogP contribution in [0.25, 0.3) is 0 Å². The number of hydrogen-bond donors (Lipinski definition) is 1. The monoisotopic (exact) mass is 306 g/mol. The first kappa shape index (κ1) is 15.5. The van der Waals surface area contributed by atoms with E-state index in [4.69, 9.17) is 0 Å². The Morgan fingerprint density at radius 1 is 1.04 bits per heavy atom. The van der Waals surface area contributed by atoms with Crippen molar-refractivity contribution in [3.05, 3.63) is 70.3 Å². The van der Waals surface area contributed by atoms with Crippen molar-refractivity contribution in [2.45, 2.75) is 39.5 Å². The molecule has 0 saturated heterocycles. The molecule has 0 heterocycles. The van der Waals surface area contributed by atoms with Gasteiger partial charge in [0.2, 0.25) is 0 Å². The standard InChI is InChI=1S/C20H22N2O/c1-14-11-12-17(15(2)13-14)20(23)22-21-19-10-6-4-8-16-7-3-5-9-18(16)19/h3,5,7,9,11-13H,4,6,8,10H2,1-2H3,(H,22,23). The van der Waals surface area contributed by atoms with E-state index in [-0.39, 0.29) is 5.91 Å². The summed E-state index contributed by atoms with van der Waals surface area (Å²) in [6.45, 7) is 3.98. The highest BCUT2D eigenvalue weighted by Gasteiger charge is 2.14. The normalized spacial score (nSPS) is 15.8. The van der Waals surface area contributed by atoms with Gasteiger partial charge in [-0.3, -0.25) is 4.79 Å². The van der Waals surface area contributed by atoms with Crippen LogP contribution in [0.4, 0.5) is 0 Å². The molecule has 2 aromatic rings. The molecular weight excluding hydrogens is 284 g/mol. The molecule has 23 heavy (non-hydrogen) atoms. The summed E-state index contributed by atoms with van der Waals surface area (Å²) in [6.07, 6.45) is 4.26. The van der Waals surface area contributed by atoms with Crippen LogP contribution in [0.5, 0.6) is 0 Å². The maximum Gasteiger partial charge on any atom is 0.271 e. The van der Waals surface area contributed by atoms with Crippen LogP contribution in [0.2, 0.25) is 0 Å². The average Bonchev–Trinajstić information content (AvgIpc) is 2.75. The third-order valence-electron chi connectivity index (χ3n) is 4.36. The van der Waals surface area contributed by atoms with E-state index in [0.29, 0.717) is 5.56 Å². The van der Waals surface area contributed by atoms with Gasteiger partial charge in [-0.1, -0.05) is 42.0 Å². The lowest BCUT2D eigenvalue weighted by atomic mass is 10.0. The molecule has 1 aliphatic rings. The summed E-state index contributed by atoms with van der Waals surface area (Å²) in [6, 6.07) is 14.2. The molecule has 0 aliphatic heterocycles. The summed E-state index contributed by atoms with van der Waals surface area (Å²) in [7, 11) is 0. The molecule has 2 aromatic carbocycles. The summed E-state index contributed by atoms with van der Waals surface area (Å²) in [4.78, 5) is 12.4. The highest BCUT2D eigenvalue weighted by molar-refractivity contribution is 6.03. The minimum Gasteiger partial charge on any atom is -0.267 e. The summed E-state index contributed by atoms with van der Waals surface area (Å²) in [5, 5.41) is 4.44. The Hall–Kier alpha value is -2.42. The minimum atomic E-state index is -0.142. The lowest BCUT2D eigenvalue weighted by Crippen LogP contribution is -2.21. The van der Waals surface area contributed by atoms with Gasteiger partial charge in [0, 0.05) is 11.1 Å². The Bertz CT molecular complexity index is 762. The van der Waals surface area contributed by atoms with E-state index >= 15 is 0 Å². The highest BCUT2D eigenvalue weighted by atomic mass is 16.2. The number of carbonyl (C=O) groups is 1. The van der Waals surface area contributed by atoms with Gasteiger partial charge in [-0.2, -0.15) is 5.10 Å². The molecule has 0 radical (unpaired) electrons. The predicted octanol–water partition coefficient (Wildman–Crippen LogP) is 4.16. The van der Waals surface area contributed by atoms with Crippen molar-refractivity contribution in [1.29, 1.82) is 0 Å². The first-order valence-corrected chi connectivity index (χ1v) is 8.17. The van der Waals surface area contributed by atoms with Gasteiger partial charge in [0.15, 0.2) is 0 Å². The second-order valence-electron chi connectivity index (χ2n) is 6.18. The zero-order chi connectivity index (χ0) is 16.2. The summed E-state index contributed by atoms with van der Waals surface area (Å²) in [5.74, 6) is -0.142. The van der Waals surface area contributed by atoms with Crippen molar-refractivity contribution >= 4 is 11.6 Å². The van der Waals surface area contributed by atoms with Crippen molar-refractivity contribution < 1.29 is 4.79 Å². The minimum absolute atomic E-state index is 0.142. The number of nitrogens with one attached hydrogen (secondary N) is 1. The fourth-order valence-corrected chi connectivity index (χ4v) is 3.13. The lowest BCUT2D eigenvalue weighted by Gasteiger charge is -2.09. The Morgan fingerprint density at radius 2 is 1.83 bits per heavy atom. The average molecular weight is 306 g/mol. The number of amides is 1. The molecular formula is C20H22N2O. The number of aryl methyl sites for hydroxylation is 3. The molecule has 3 nitrogen and oxygen atoms in total. The quantitative estimate of drug-likeness (QED) is 0.657. The van der Waals surface area contributed by atoms with Crippen LogP contribution < -0.4 is 5.43 Å². The van der Waals surface area contributed by atoms with Crippen LogP contribution in [0.3, 0.4) is 0 Å². The van der Waals surface area contributed by atoms with Crippen LogP contribution >= 0.6 is 0 Å². The number of nitrogens with zero attached hydrogens (tertiary/aromatic N) is 1. The van der Waals surface area contributed by atoms with Gasteiger partial charge in [-0.15, -0.1) is 0 Å². The van der Waals surface area contributed by atoms with Crippen LogP contribution in [-0.4, -0.2) is 11.6 Å². The maximum atomic E-state index is 12.4. The van der Waals surface area contributed by atoms with E-state index in [1.165, 1.54) is 17.5 Å². The van der Waals surface area contributed by atoms with Gasteiger partial charge < -0.3 is 0 Å². The number of carbonyl (C=O) groups excluding carboxylic acids is 1. The molecule has 0 unspecified atom stereocenters. The molecule has 3 heteroatoms. The van der Waals surface area contributed by atoms with Gasteiger partial charge in [-0.05, 0) is 56.7 Å². The number of benzene rings is 2. The van der Waals surface area contributed by atoms with Crippen molar-refractivity contribution in [1.82, 2.24) is 5.43 Å². The summed E-state index contributed by atoms with van der Waals surface area (Å²) < 4.78 is 0. The SMILES string of the molecule is Cc1ccc(C(=O)NN=C2CCCCc3ccccc32)c(C)c1. The number of hydrogen-bond acceptors (Lipinski definition) is 2. The van der Waals surface area contributed by atoms with Crippen LogP contribution in [0.1, 0.15) is 51.9 Å². The molecule has 1 amide bonds. The van der Waals surface area contributed by atoms with E-state index in [1.807, 2.05) is 38.1 Å². The van der Waals surface area contributed by atoms with E-state index in [0.717, 1.165) is 36.1 Å². The van der Waals surface area contributed by atoms with Crippen molar-refractivity contribution in [3.63, 3.8) is 0 Å². The molecule has 0 spiro atoms. The lowest BCUT2D eigenvalue weighted by molar-refractivity contribution is 0.0954. The summed E-state index contributed by atoms with van der Waals surface area (Å²) >= 11 is 0. The molecule has 118 valence electrons. The molecule has 0 bridgehead atoms. The van der Waals surface area contributed by atoms with Crippen molar-refractivity contribution in [2.75, 3.05) is 0 Å². The third kappa shape index (κ3) is 3.50. The van der Waals surface area contributed by atoms with Crippen LogP contribution in [-0.2, 0) is 6.42 Å². The van der Waals surface area contributed by atoms with E-state index in [1.54, 1.807) is 0 Å². The van der Waals surface area contributed by atoms with Gasteiger partial charge in [-0.25, -0.2) is 5.43 Å².